The van der Waals surface area contributed by atoms with Gasteiger partial charge in [0.1, 0.15) is 6.33 Å². The zero-order valence-corrected chi connectivity index (χ0v) is 21.7. The Kier molecular flexibility index (Phi) is 5.61. The van der Waals surface area contributed by atoms with Crippen LogP contribution in [-0.2, 0) is 11.5 Å². The highest BCUT2D eigenvalue weighted by Crippen LogP contribution is 2.50. The van der Waals surface area contributed by atoms with Gasteiger partial charge in [0.25, 0.3) is 0 Å². The van der Waals surface area contributed by atoms with Crippen LogP contribution in [0.1, 0.15) is 53.9 Å². The van der Waals surface area contributed by atoms with Gasteiger partial charge in [0.05, 0.1) is 0 Å². The summed E-state index contributed by atoms with van der Waals surface area (Å²) in [5.74, 6) is 3.08. The van der Waals surface area contributed by atoms with Crippen molar-refractivity contribution < 1.29 is 4.43 Å². The van der Waals surface area contributed by atoms with Crippen molar-refractivity contribution in [3.05, 3.63) is 6.33 Å². The quantitative estimate of drug-likeness (QED) is 0.645. The summed E-state index contributed by atoms with van der Waals surface area (Å²) >= 11 is 0. The highest BCUT2D eigenvalue weighted by molar-refractivity contribution is 6.74. The van der Waals surface area contributed by atoms with Gasteiger partial charge in [0.15, 0.2) is 25.3 Å². The molecule has 4 unspecified atom stereocenters. The molecule has 7 nitrogen and oxygen atoms in total. The lowest BCUT2D eigenvalue weighted by Gasteiger charge is -2.41. The van der Waals surface area contributed by atoms with E-state index in [4.69, 9.17) is 9.41 Å². The summed E-state index contributed by atoms with van der Waals surface area (Å²) in [5.41, 5.74) is 1.74. The first-order chi connectivity index (χ1) is 14.4. The van der Waals surface area contributed by atoms with Gasteiger partial charge in [0.2, 0.25) is 5.95 Å². The average molecular weight is 445 g/mol. The monoisotopic (exact) mass is 444 g/mol. The molecule has 2 aromatic heterocycles. The molecule has 0 saturated heterocycles. The molecule has 1 N–H and O–H groups in total. The van der Waals surface area contributed by atoms with Crippen LogP contribution in [0.15, 0.2) is 6.33 Å². The van der Waals surface area contributed by atoms with Crippen LogP contribution in [0.3, 0.4) is 0 Å². The zero-order chi connectivity index (χ0) is 22.7. The normalized spacial score (nSPS) is 26.3. The zero-order valence-electron chi connectivity index (χ0n) is 20.7. The van der Waals surface area contributed by atoms with E-state index in [9.17, 15) is 0 Å². The first kappa shape index (κ1) is 22.5. The standard InChI is InChI=1S/C23H40N6OSi/c1-14(2)28(6)22-27-19-20(24-13-25-21(19)29(22)7)26-17-11-16-10-15(17)12-18(16)30-31(8,9)23(3,4)5/h13-18H,10-12H2,1-9H3,(H,24,25,26). The lowest BCUT2D eigenvalue weighted by molar-refractivity contribution is 0.118. The number of aryl methyl sites for hydroxylation is 1. The fourth-order valence-electron chi connectivity index (χ4n) is 4.91. The van der Waals surface area contributed by atoms with Crippen molar-refractivity contribution in [1.82, 2.24) is 19.5 Å². The average Bonchev–Trinajstić information content (AvgIpc) is 3.33. The fourth-order valence-corrected chi connectivity index (χ4v) is 6.31. The molecule has 4 atom stereocenters. The highest BCUT2D eigenvalue weighted by atomic mass is 28.4. The lowest BCUT2D eigenvalue weighted by atomic mass is 9.93. The molecule has 2 aliphatic rings. The van der Waals surface area contributed by atoms with E-state index in [1.165, 1.54) is 6.42 Å². The molecular weight excluding hydrogens is 404 g/mol. The van der Waals surface area contributed by atoms with Gasteiger partial charge in [-0.3, -0.25) is 4.57 Å². The van der Waals surface area contributed by atoms with Crippen molar-refractivity contribution >= 4 is 31.2 Å². The van der Waals surface area contributed by atoms with E-state index in [0.29, 0.717) is 30.0 Å². The Hall–Kier alpha value is -1.67. The summed E-state index contributed by atoms with van der Waals surface area (Å²) in [4.78, 5) is 16.2. The number of hydrogen-bond donors (Lipinski definition) is 1. The van der Waals surface area contributed by atoms with E-state index < -0.39 is 8.32 Å². The summed E-state index contributed by atoms with van der Waals surface area (Å²) in [5, 5.41) is 4.01. The summed E-state index contributed by atoms with van der Waals surface area (Å²) in [6.07, 6.45) is 5.65. The van der Waals surface area contributed by atoms with Crippen molar-refractivity contribution in [3.8, 4) is 0 Å². The maximum absolute atomic E-state index is 6.80. The van der Waals surface area contributed by atoms with E-state index in [-0.39, 0.29) is 5.04 Å². The Balaban J connectivity index is 1.49. The van der Waals surface area contributed by atoms with Crippen LogP contribution in [0, 0.1) is 11.8 Å². The lowest BCUT2D eigenvalue weighted by Crippen LogP contribution is -2.46. The predicted molar refractivity (Wildman–Crippen MR) is 130 cm³/mol. The topological polar surface area (TPSA) is 68.1 Å². The first-order valence-corrected chi connectivity index (χ1v) is 14.6. The molecule has 0 aliphatic heterocycles. The number of aromatic nitrogens is 4. The van der Waals surface area contributed by atoms with Crippen molar-refractivity contribution in [2.24, 2.45) is 18.9 Å². The van der Waals surface area contributed by atoms with Gasteiger partial charge in [-0.25, -0.2) is 15.0 Å². The van der Waals surface area contributed by atoms with Crippen LogP contribution < -0.4 is 10.2 Å². The summed E-state index contributed by atoms with van der Waals surface area (Å²) in [6, 6.07) is 0.805. The number of imidazole rings is 1. The molecule has 172 valence electrons. The van der Waals surface area contributed by atoms with Gasteiger partial charge >= 0.3 is 0 Å². The van der Waals surface area contributed by atoms with Crippen LogP contribution in [-0.4, -0.2) is 53.1 Å². The number of nitrogens with zero attached hydrogens (tertiary/aromatic N) is 5. The minimum Gasteiger partial charge on any atom is -0.414 e. The van der Waals surface area contributed by atoms with Crippen molar-refractivity contribution in [1.29, 1.82) is 0 Å². The SMILES string of the molecule is CC(C)N(C)c1nc2c(NC3CC4CC3CC4O[Si](C)(C)C(C)(C)C)ncnc2n1C. The molecule has 31 heavy (non-hydrogen) atoms. The second-order valence-electron chi connectivity index (χ2n) is 11.5. The third kappa shape index (κ3) is 3.97. The molecule has 0 aromatic carbocycles. The Morgan fingerprint density at radius 2 is 1.87 bits per heavy atom. The van der Waals surface area contributed by atoms with Crippen LogP contribution in [0.25, 0.3) is 11.2 Å². The number of rotatable bonds is 6. The smallest absolute Gasteiger partial charge is 0.207 e. The maximum atomic E-state index is 6.80. The largest absolute Gasteiger partial charge is 0.414 e. The van der Waals surface area contributed by atoms with E-state index >= 15 is 0 Å². The summed E-state index contributed by atoms with van der Waals surface area (Å²) < 4.78 is 8.86. The number of fused-ring (bicyclic) bond motifs is 3. The molecular formula is C23H40N6OSi. The van der Waals surface area contributed by atoms with Crippen molar-refractivity contribution in [2.45, 2.75) is 90.2 Å². The van der Waals surface area contributed by atoms with E-state index in [1.54, 1.807) is 6.33 Å². The second-order valence-corrected chi connectivity index (χ2v) is 16.2. The Labute approximate surface area is 188 Å². The minimum absolute atomic E-state index is 0.263. The van der Waals surface area contributed by atoms with Gasteiger partial charge in [-0.05, 0) is 63.1 Å². The molecule has 2 saturated carbocycles. The summed E-state index contributed by atoms with van der Waals surface area (Å²) in [7, 11) is 2.38. The number of hydrogen-bond acceptors (Lipinski definition) is 6. The molecule has 2 aromatic rings. The van der Waals surface area contributed by atoms with Gasteiger partial charge in [-0.15, -0.1) is 0 Å². The van der Waals surface area contributed by atoms with Crippen LogP contribution in [0.4, 0.5) is 11.8 Å². The third-order valence-electron chi connectivity index (χ3n) is 8.09. The fraction of sp³-hybridized carbons (Fsp3) is 0.783. The molecule has 0 amide bonds. The summed E-state index contributed by atoms with van der Waals surface area (Å²) in [6.45, 7) is 16.1. The molecule has 2 bridgehead atoms. The van der Waals surface area contributed by atoms with Crippen LogP contribution >= 0.6 is 0 Å². The molecule has 2 heterocycles. The van der Waals surface area contributed by atoms with Gasteiger partial charge in [0, 0.05) is 32.3 Å². The molecule has 2 fully saturated rings. The van der Waals surface area contributed by atoms with Crippen LogP contribution in [0.2, 0.25) is 18.1 Å². The minimum atomic E-state index is -1.72. The molecule has 0 radical (unpaired) electrons. The second kappa shape index (κ2) is 7.73. The Bertz CT molecular complexity index is 949. The molecule has 8 heteroatoms. The molecule has 2 aliphatic carbocycles. The van der Waals surface area contributed by atoms with Gasteiger partial charge < -0.3 is 14.6 Å². The maximum Gasteiger partial charge on any atom is 0.207 e. The van der Waals surface area contributed by atoms with Crippen LogP contribution in [0.5, 0.6) is 0 Å². The Morgan fingerprint density at radius 1 is 1.16 bits per heavy atom. The first-order valence-electron chi connectivity index (χ1n) is 11.7. The Morgan fingerprint density at radius 3 is 2.45 bits per heavy atom. The molecule has 0 spiro atoms. The highest BCUT2D eigenvalue weighted by Gasteiger charge is 2.50. The molecule has 4 rings (SSSR count). The van der Waals surface area contributed by atoms with Gasteiger partial charge in [-0.1, -0.05) is 20.8 Å². The van der Waals surface area contributed by atoms with E-state index in [2.05, 4.69) is 79.5 Å². The van der Waals surface area contributed by atoms with Crippen molar-refractivity contribution in [2.75, 3.05) is 17.3 Å². The van der Waals surface area contributed by atoms with Gasteiger partial charge in [-0.2, -0.15) is 0 Å². The van der Waals surface area contributed by atoms with E-state index in [0.717, 1.165) is 35.8 Å². The number of nitrogens with one attached hydrogen (secondary N) is 1. The third-order valence-corrected chi connectivity index (χ3v) is 12.6. The van der Waals surface area contributed by atoms with Crippen molar-refractivity contribution in [3.63, 3.8) is 0 Å². The predicted octanol–water partition coefficient (Wildman–Crippen LogP) is 4.81. The van der Waals surface area contributed by atoms with E-state index in [1.807, 2.05) is 7.05 Å². The number of anilines is 2.